The lowest BCUT2D eigenvalue weighted by Crippen LogP contribution is -2.44. The maximum absolute atomic E-state index is 13.2. The number of nitrogens with one attached hydrogen (secondary N) is 1. The van der Waals surface area contributed by atoms with Gasteiger partial charge in [0.05, 0.1) is 12.2 Å². The second-order valence-corrected chi connectivity index (χ2v) is 7.61. The van der Waals surface area contributed by atoms with Crippen LogP contribution in [0.3, 0.4) is 0 Å². The summed E-state index contributed by atoms with van der Waals surface area (Å²) >= 11 is 0. The maximum atomic E-state index is 13.2. The number of piperazine rings is 1. The van der Waals surface area contributed by atoms with Crippen molar-refractivity contribution in [3.8, 4) is 17.5 Å². The topological polar surface area (TPSA) is 77.1 Å². The van der Waals surface area contributed by atoms with Crippen LogP contribution in [0.5, 0.6) is 0 Å². The van der Waals surface area contributed by atoms with Gasteiger partial charge in [-0.2, -0.15) is 4.98 Å². The van der Waals surface area contributed by atoms with Gasteiger partial charge in [0.15, 0.2) is 11.2 Å². The lowest BCUT2D eigenvalue weighted by Gasteiger charge is -2.28. The van der Waals surface area contributed by atoms with Crippen LogP contribution in [0.4, 0.5) is 5.95 Å². The minimum Gasteiger partial charge on any atom is -0.340 e. The summed E-state index contributed by atoms with van der Waals surface area (Å²) in [5.74, 6) is 6.64. The van der Waals surface area contributed by atoms with Gasteiger partial charge in [-0.05, 0) is 38.0 Å². The quantitative estimate of drug-likeness (QED) is 0.655. The summed E-state index contributed by atoms with van der Waals surface area (Å²) in [6.45, 7) is 9.27. The van der Waals surface area contributed by atoms with Crippen molar-refractivity contribution < 1.29 is 0 Å². The zero-order valence-electron chi connectivity index (χ0n) is 17.8. The van der Waals surface area contributed by atoms with E-state index in [0.29, 0.717) is 23.7 Å². The molecule has 3 heterocycles. The number of fused-ring (bicyclic) bond motifs is 1. The van der Waals surface area contributed by atoms with Crippen LogP contribution in [-0.2, 0) is 13.6 Å². The molecule has 1 aromatic carbocycles. The number of hydrogen-bond donors (Lipinski definition) is 1. The molecule has 0 amide bonds. The Kier molecular flexibility index (Phi) is 5.22. The Balaban J connectivity index is 2.11. The summed E-state index contributed by atoms with van der Waals surface area (Å²) in [4.78, 5) is 33.4. The third-order valence-corrected chi connectivity index (χ3v) is 5.55. The average Bonchev–Trinajstić information content (AvgIpc) is 3.13. The standard InChI is InChI=1S/C22H26N6O2/c1-5-6-11-27-18-19(24-21(27)26-12-9-23-10-13-26)28(22(30)25(4)20(18)29)17-14-15(2)7-8-16(17)3/h7-8,14,23H,9-13H2,1-4H3. The van der Waals surface area contributed by atoms with Crippen molar-refractivity contribution in [2.24, 2.45) is 7.05 Å². The second-order valence-electron chi connectivity index (χ2n) is 7.61. The number of benzene rings is 1. The first-order valence-electron chi connectivity index (χ1n) is 10.1. The van der Waals surface area contributed by atoms with Gasteiger partial charge in [0, 0.05) is 33.2 Å². The fraction of sp³-hybridized carbons (Fsp3) is 0.409. The average molecular weight is 406 g/mol. The van der Waals surface area contributed by atoms with Crippen molar-refractivity contribution >= 4 is 17.1 Å². The number of aromatic nitrogens is 4. The lowest BCUT2D eigenvalue weighted by molar-refractivity contribution is 0.573. The van der Waals surface area contributed by atoms with Gasteiger partial charge in [-0.25, -0.2) is 9.36 Å². The van der Waals surface area contributed by atoms with Crippen LogP contribution in [0.15, 0.2) is 27.8 Å². The Morgan fingerprint density at radius 1 is 1.17 bits per heavy atom. The highest BCUT2D eigenvalue weighted by atomic mass is 16.2. The molecule has 1 saturated heterocycles. The first-order chi connectivity index (χ1) is 14.4. The van der Waals surface area contributed by atoms with Crippen LogP contribution >= 0.6 is 0 Å². The number of hydrogen-bond acceptors (Lipinski definition) is 5. The van der Waals surface area contributed by atoms with Gasteiger partial charge in [0.25, 0.3) is 5.56 Å². The van der Waals surface area contributed by atoms with E-state index in [1.807, 2.05) is 36.6 Å². The molecule has 30 heavy (non-hydrogen) atoms. The molecule has 8 nitrogen and oxygen atoms in total. The predicted octanol–water partition coefficient (Wildman–Crippen LogP) is 0.936. The SMILES string of the molecule is CC#CCn1c(N2CCNCC2)nc2c1c(=O)n(C)c(=O)n2-c1cc(C)ccc1C. The van der Waals surface area contributed by atoms with Crippen LogP contribution in [0.25, 0.3) is 16.9 Å². The molecule has 0 bridgehead atoms. The van der Waals surface area contributed by atoms with Crippen molar-refractivity contribution in [1.82, 2.24) is 24.0 Å². The summed E-state index contributed by atoms with van der Waals surface area (Å²) in [5, 5.41) is 3.33. The van der Waals surface area contributed by atoms with E-state index in [1.165, 1.54) is 7.05 Å². The highest BCUT2D eigenvalue weighted by Gasteiger charge is 2.25. The van der Waals surface area contributed by atoms with Gasteiger partial charge in [-0.3, -0.25) is 13.9 Å². The third kappa shape index (κ3) is 3.21. The van der Waals surface area contributed by atoms with E-state index >= 15 is 0 Å². The highest BCUT2D eigenvalue weighted by molar-refractivity contribution is 5.77. The minimum absolute atomic E-state index is 0.340. The van der Waals surface area contributed by atoms with Gasteiger partial charge in [0.2, 0.25) is 5.95 Å². The molecule has 3 aromatic rings. The van der Waals surface area contributed by atoms with Crippen molar-refractivity contribution in [2.75, 3.05) is 31.1 Å². The molecule has 0 atom stereocenters. The molecular formula is C22H26N6O2. The van der Waals surface area contributed by atoms with E-state index in [-0.39, 0.29) is 5.56 Å². The second kappa shape index (κ2) is 7.84. The van der Waals surface area contributed by atoms with E-state index in [1.54, 1.807) is 11.5 Å². The van der Waals surface area contributed by atoms with E-state index in [9.17, 15) is 9.59 Å². The normalized spacial score (nSPS) is 14.1. The van der Waals surface area contributed by atoms with Crippen LogP contribution in [0.1, 0.15) is 18.1 Å². The number of imidazole rings is 1. The molecule has 1 fully saturated rings. The monoisotopic (exact) mass is 406 g/mol. The molecule has 0 radical (unpaired) electrons. The Hall–Kier alpha value is -3.31. The van der Waals surface area contributed by atoms with Crippen molar-refractivity contribution in [1.29, 1.82) is 0 Å². The fourth-order valence-corrected chi connectivity index (χ4v) is 3.87. The molecule has 156 valence electrons. The zero-order valence-corrected chi connectivity index (χ0v) is 17.8. The van der Waals surface area contributed by atoms with Crippen LogP contribution < -0.4 is 21.5 Å². The molecule has 0 spiro atoms. The van der Waals surface area contributed by atoms with E-state index < -0.39 is 5.69 Å². The zero-order chi connectivity index (χ0) is 21.4. The van der Waals surface area contributed by atoms with Gasteiger partial charge in [-0.15, -0.1) is 5.92 Å². The van der Waals surface area contributed by atoms with E-state index in [2.05, 4.69) is 22.1 Å². The van der Waals surface area contributed by atoms with Gasteiger partial charge < -0.3 is 10.2 Å². The van der Waals surface area contributed by atoms with Crippen molar-refractivity contribution in [3.05, 3.63) is 50.2 Å². The number of rotatable bonds is 3. The Morgan fingerprint density at radius 3 is 2.60 bits per heavy atom. The molecule has 0 saturated carbocycles. The van der Waals surface area contributed by atoms with Crippen LogP contribution in [0, 0.1) is 25.7 Å². The van der Waals surface area contributed by atoms with Crippen LogP contribution in [-0.4, -0.2) is 44.9 Å². The Labute approximate surface area is 174 Å². The molecular weight excluding hydrogens is 380 g/mol. The molecule has 0 unspecified atom stereocenters. The van der Waals surface area contributed by atoms with Crippen molar-refractivity contribution in [3.63, 3.8) is 0 Å². The smallest absolute Gasteiger partial charge is 0.337 e. The summed E-state index contributed by atoms with van der Waals surface area (Å²) in [7, 11) is 1.51. The number of aryl methyl sites for hydroxylation is 2. The molecule has 1 aliphatic rings. The van der Waals surface area contributed by atoms with Gasteiger partial charge in [-0.1, -0.05) is 18.1 Å². The summed E-state index contributed by atoms with van der Waals surface area (Å²) < 4.78 is 4.56. The van der Waals surface area contributed by atoms with E-state index in [4.69, 9.17) is 4.98 Å². The highest BCUT2D eigenvalue weighted by Crippen LogP contribution is 2.23. The Bertz CT molecular complexity index is 1300. The summed E-state index contributed by atoms with van der Waals surface area (Å²) in [5.41, 5.74) is 2.72. The Morgan fingerprint density at radius 2 is 1.90 bits per heavy atom. The number of nitrogens with zero attached hydrogens (tertiary/aromatic N) is 5. The first-order valence-corrected chi connectivity index (χ1v) is 10.1. The van der Waals surface area contributed by atoms with Gasteiger partial charge in [0.1, 0.15) is 0 Å². The minimum atomic E-state index is -0.403. The molecule has 4 rings (SSSR count). The molecule has 1 aliphatic heterocycles. The summed E-state index contributed by atoms with van der Waals surface area (Å²) in [6.07, 6.45) is 0. The number of anilines is 1. The van der Waals surface area contributed by atoms with Crippen molar-refractivity contribution in [2.45, 2.75) is 27.3 Å². The van der Waals surface area contributed by atoms with E-state index in [0.717, 1.165) is 47.6 Å². The maximum Gasteiger partial charge on any atom is 0.337 e. The molecule has 8 heteroatoms. The fourth-order valence-electron chi connectivity index (χ4n) is 3.87. The molecule has 1 N–H and O–H groups in total. The third-order valence-electron chi connectivity index (χ3n) is 5.55. The van der Waals surface area contributed by atoms with Gasteiger partial charge >= 0.3 is 5.69 Å². The lowest BCUT2D eigenvalue weighted by atomic mass is 10.1. The molecule has 2 aromatic heterocycles. The van der Waals surface area contributed by atoms with Crippen LogP contribution in [0.2, 0.25) is 0 Å². The largest absolute Gasteiger partial charge is 0.340 e. The summed E-state index contributed by atoms with van der Waals surface area (Å²) in [6, 6.07) is 5.94. The predicted molar refractivity (Wildman–Crippen MR) is 119 cm³/mol. The molecule has 0 aliphatic carbocycles. The first kappa shape index (κ1) is 20.0.